The summed E-state index contributed by atoms with van der Waals surface area (Å²) < 4.78 is 34.2. The van der Waals surface area contributed by atoms with Gasteiger partial charge in [0.2, 0.25) is 0 Å². The van der Waals surface area contributed by atoms with E-state index < -0.39 is 25.0 Å². The Hall–Kier alpha value is -0.210. The lowest BCUT2D eigenvalue weighted by Crippen LogP contribution is -2.21. The number of sulfone groups is 1. The zero-order chi connectivity index (χ0) is 11.6. The molecule has 1 aromatic carbocycles. The summed E-state index contributed by atoms with van der Waals surface area (Å²) in [6.45, 7) is 0. The van der Waals surface area contributed by atoms with Gasteiger partial charge in [-0.1, -0.05) is 34.7 Å². The van der Waals surface area contributed by atoms with Gasteiger partial charge in [-0.05, 0) is 17.7 Å². The molecule has 6 heteroatoms. The quantitative estimate of drug-likeness (QED) is 0.670. The highest BCUT2D eigenvalue weighted by Gasteiger charge is 2.27. The van der Waals surface area contributed by atoms with E-state index in [-0.39, 0.29) is 5.56 Å². The highest BCUT2D eigenvalue weighted by atomic mass is 127. The van der Waals surface area contributed by atoms with Crippen LogP contribution in [0.25, 0.3) is 0 Å². The maximum Gasteiger partial charge on any atom is 0.162 e. The summed E-state index contributed by atoms with van der Waals surface area (Å²) in [4.78, 5) is 0. The van der Waals surface area contributed by atoms with Gasteiger partial charge >= 0.3 is 0 Å². The van der Waals surface area contributed by atoms with E-state index in [0.717, 1.165) is 12.3 Å². The number of alkyl halides is 1. The van der Waals surface area contributed by atoms with Gasteiger partial charge in [0, 0.05) is 6.26 Å². The number of halogens is 2. The summed E-state index contributed by atoms with van der Waals surface area (Å²) in [5.74, 6) is -0.497. The first kappa shape index (κ1) is 12.9. The Labute approximate surface area is 101 Å². The predicted molar refractivity (Wildman–Crippen MR) is 64.0 cm³/mol. The summed E-state index contributed by atoms with van der Waals surface area (Å²) in [5.41, 5.74) is 0.264. The molecule has 0 radical (unpaired) electrons. The summed E-state index contributed by atoms with van der Waals surface area (Å²) in [5, 5.41) is 9.70. The minimum Gasteiger partial charge on any atom is -0.386 e. The second kappa shape index (κ2) is 4.75. The molecule has 0 aliphatic rings. The standard InChI is InChI=1S/C9H10FIO3S/c1-15(13,14)9(11)8(12)6-3-2-4-7(10)5-6/h2-5,8-9,12H,1H3/t8-,9+/m1/s1. The lowest BCUT2D eigenvalue weighted by Gasteiger charge is -2.15. The van der Waals surface area contributed by atoms with Gasteiger partial charge in [-0.25, -0.2) is 12.8 Å². The third-order valence-electron chi connectivity index (χ3n) is 1.85. The van der Waals surface area contributed by atoms with Gasteiger partial charge in [-0.3, -0.25) is 0 Å². The van der Waals surface area contributed by atoms with Gasteiger partial charge in [-0.2, -0.15) is 0 Å². The lowest BCUT2D eigenvalue weighted by atomic mass is 10.1. The molecule has 2 atom stereocenters. The first-order chi connectivity index (χ1) is 6.82. The average Bonchev–Trinajstić information content (AvgIpc) is 2.14. The second-order valence-corrected chi connectivity index (χ2v) is 7.53. The molecule has 0 spiro atoms. The highest BCUT2D eigenvalue weighted by molar-refractivity contribution is 14.1. The maximum absolute atomic E-state index is 12.8. The molecule has 1 aromatic rings. The van der Waals surface area contributed by atoms with E-state index in [1.54, 1.807) is 22.6 Å². The van der Waals surface area contributed by atoms with E-state index in [4.69, 9.17) is 0 Å². The highest BCUT2D eigenvalue weighted by Crippen LogP contribution is 2.26. The van der Waals surface area contributed by atoms with Crippen LogP contribution in [0.15, 0.2) is 24.3 Å². The van der Waals surface area contributed by atoms with Crippen molar-refractivity contribution in [3.8, 4) is 0 Å². The Morgan fingerprint density at radius 2 is 2.07 bits per heavy atom. The van der Waals surface area contributed by atoms with Crippen molar-refractivity contribution in [1.82, 2.24) is 0 Å². The van der Waals surface area contributed by atoms with Gasteiger partial charge in [0.25, 0.3) is 0 Å². The van der Waals surface area contributed by atoms with Gasteiger partial charge in [0.1, 0.15) is 15.2 Å². The van der Waals surface area contributed by atoms with Crippen LogP contribution >= 0.6 is 22.6 Å². The Morgan fingerprint density at radius 3 is 2.53 bits per heavy atom. The molecule has 0 aromatic heterocycles. The topological polar surface area (TPSA) is 54.4 Å². The molecule has 0 aliphatic carbocycles. The van der Waals surface area contributed by atoms with Crippen molar-refractivity contribution >= 4 is 32.4 Å². The molecule has 1 rings (SSSR count). The summed E-state index contributed by atoms with van der Waals surface area (Å²) in [7, 11) is -3.35. The van der Waals surface area contributed by atoms with Crippen LogP contribution in [-0.4, -0.2) is 23.0 Å². The van der Waals surface area contributed by atoms with E-state index in [1.807, 2.05) is 0 Å². The van der Waals surface area contributed by atoms with E-state index in [1.165, 1.54) is 18.2 Å². The van der Waals surface area contributed by atoms with Crippen LogP contribution in [0.4, 0.5) is 4.39 Å². The first-order valence-corrected chi connectivity index (χ1v) is 7.29. The third kappa shape index (κ3) is 3.39. The van der Waals surface area contributed by atoms with E-state index in [0.29, 0.717) is 0 Å². The van der Waals surface area contributed by atoms with E-state index in [2.05, 4.69) is 0 Å². The third-order valence-corrected chi connectivity index (χ3v) is 6.38. The zero-order valence-electron chi connectivity index (χ0n) is 7.89. The maximum atomic E-state index is 12.8. The van der Waals surface area contributed by atoms with Gasteiger partial charge in [0.05, 0.1) is 0 Å². The first-order valence-electron chi connectivity index (χ1n) is 4.09. The van der Waals surface area contributed by atoms with Crippen LogP contribution in [-0.2, 0) is 9.84 Å². The van der Waals surface area contributed by atoms with E-state index in [9.17, 15) is 17.9 Å². The fourth-order valence-electron chi connectivity index (χ4n) is 1.08. The molecule has 15 heavy (non-hydrogen) atoms. The molecular formula is C9H10FIO3S. The number of aliphatic hydroxyl groups excluding tert-OH is 1. The van der Waals surface area contributed by atoms with Gasteiger partial charge in [-0.15, -0.1) is 0 Å². The fourth-order valence-corrected chi connectivity index (χ4v) is 2.12. The van der Waals surface area contributed by atoms with Crippen LogP contribution < -0.4 is 0 Å². The number of rotatable bonds is 3. The Kier molecular flexibility index (Phi) is 4.07. The monoisotopic (exact) mass is 344 g/mol. The molecule has 0 heterocycles. The van der Waals surface area contributed by atoms with Gasteiger partial charge < -0.3 is 5.11 Å². The zero-order valence-corrected chi connectivity index (χ0v) is 10.9. The molecule has 0 unspecified atom stereocenters. The molecule has 0 bridgehead atoms. The summed E-state index contributed by atoms with van der Waals surface area (Å²) in [6.07, 6.45) is -0.177. The molecular weight excluding hydrogens is 334 g/mol. The van der Waals surface area contributed by atoms with Crippen molar-refractivity contribution in [3.63, 3.8) is 0 Å². The molecule has 0 fully saturated rings. The minimum absolute atomic E-state index is 0.264. The SMILES string of the molecule is CS(=O)(=O)[C@H](I)[C@H](O)c1cccc(F)c1. The summed E-state index contributed by atoms with van der Waals surface area (Å²) in [6, 6.07) is 5.28. The van der Waals surface area contributed by atoms with Crippen LogP contribution in [0.5, 0.6) is 0 Å². The molecule has 0 saturated carbocycles. The van der Waals surface area contributed by atoms with Gasteiger partial charge in [0.15, 0.2) is 9.84 Å². The fraction of sp³-hybridized carbons (Fsp3) is 0.333. The molecule has 0 amide bonds. The number of benzene rings is 1. The number of hydrogen-bond donors (Lipinski definition) is 1. The van der Waals surface area contributed by atoms with Crippen molar-refractivity contribution in [3.05, 3.63) is 35.6 Å². The lowest BCUT2D eigenvalue weighted by molar-refractivity contribution is 0.197. The van der Waals surface area contributed by atoms with Crippen LogP contribution in [0.2, 0.25) is 0 Å². The molecule has 84 valence electrons. The molecule has 3 nitrogen and oxygen atoms in total. The molecule has 0 aliphatic heterocycles. The van der Waals surface area contributed by atoms with Crippen molar-refractivity contribution in [2.45, 2.75) is 9.36 Å². The number of aliphatic hydroxyl groups is 1. The summed E-state index contributed by atoms with van der Waals surface area (Å²) >= 11 is 1.63. The smallest absolute Gasteiger partial charge is 0.162 e. The van der Waals surface area contributed by atoms with Crippen molar-refractivity contribution in [2.24, 2.45) is 0 Å². The normalized spacial score (nSPS) is 16.0. The Balaban J connectivity index is 3.00. The average molecular weight is 344 g/mol. The van der Waals surface area contributed by atoms with Crippen LogP contribution in [0.1, 0.15) is 11.7 Å². The largest absolute Gasteiger partial charge is 0.386 e. The Bertz CT molecular complexity index is 446. The second-order valence-electron chi connectivity index (χ2n) is 3.18. The van der Waals surface area contributed by atoms with Crippen LogP contribution in [0, 0.1) is 5.82 Å². The molecule has 1 N–H and O–H groups in total. The minimum atomic E-state index is -3.35. The Morgan fingerprint density at radius 1 is 1.47 bits per heavy atom. The van der Waals surface area contributed by atoms with E-state index >= 15 is 0 Å². The number of hydrogen-bond acceptors (Lipinski definition) is 3. The van der Waals surface area contributed by atoms with Crippen molar-refractivity contribution in [1.29, 1.82) is 0 Å². The van der Waals surface area contributed by atoms with Crippen molar-refractivity contribution in [2.75, 3.05) is 6.26 Å². The molecule has 0 saturated heterocycles. The van der Waals surface area contributed by atoms with Crippen LogP contribution in [0.3, 0.4) is 0 Å². The van der Waals surface area contributed by atoms with Crippen molar-refractivity contribution < 1.29 is 17.9 Å². The predicted octanol–water partition coefficient (Wildman–Crippen LogP) is 1.66.